The van der Waals surface area contributed by atoms with Crippen LogP contribution in [0.4, 0.5) is 17.5 Å². The number of hydrogen-bond donors (Lipinski definition) is 2. The van der Waals surface area contributed by atoms with E-state index in [1.54, 1.807) is 6.92 Å². The zero-order chi connectivity index (χ0) is 24.5. The molecule has 4 heterocycles. The molecule has 2 atom stereocenters. The summed E-state index contributed by atoms with van der Waals surface area (Å²) in [5.74, 6) is 1.66. The van der Waals surface area contributed by atoms with Gasteiger partial charge in [-0.3, -0.25) is 9.78 Å². The number of nitrogens with one attached hydrogen (secondary N) is 2. The summed E-state index contributed by atoms with van der Waals surface area (Å²) in [6.45, 7) is 11.7. The minimum Gasteiger partial charge on any atom is -0.362 e. The highest BCUT2D eigenvalue weighted by molar-refractivity contribution is 5.79. The Kier molecular flexibility index (Phi) is 6.42. The predicted molar refractivity (Wildman–Crippen MR) is 139 cm³/mol. The van der Waals surface area contributed by atoms with Crippen molar-refractivity contribution in [1.82, 2.24) is 25.3 Å². The van der Waals surface area contributed by atoms with Crippen LogP contribution in [0.5, 0.6) is 0 Å². The largest absolute Gasteiger partial charge is 0.362 e. The summed E-state index contributed by atoms with van der Waals surface area (Å²) in [6.07, 6.45) is 2.94. The Bertz CT molecular complexity index is 1220. The normalized spacial score (nSPS) is 17.4. The van der Waals surface area contributed by atoms with Gasteiger partial charge in [-0.2, -0.15) is 4.98 Å². The molecule has 3 aromatic rings. The first-order valence-electron chi connectivity index (χ1n) is 12.5. The first-order chi connectivity index (χ1) is 16.9. The smallest absolute Gasteiger partial charge is 0.227 e. The van der Waals surface area contributed by atoms with E-state index < -0.39 is 0 Å². The number of rotatable bonds is 6. The van der Waals surface area contributed by atoms with Crippen LogP contribution in [0.25, 0.3) is 10.9 Å². The highest BCUT2D eigenvalue weighted by Gasteiger charge is 2.31. The van der Waals surface area contributed by atoms with Gasteiger partial charge in [-0.15, -0.1) is 0 Å². The Labute approximate surface area is 206 Å². The number of carbonyl (C=O) groups is 1. The molecule has 0 spiro atoms. The number of nitrogens with zero attached hydrogens (tertiary/aromatic N) is 6. The SMILES string of the molecule is CCC(C)N1NCc2nc(N3CCN(C(C)=O)CC3)nc(N[C@H](C)c3cnc4ccccc4c3)c21. The third-order valence-electron chi connectivity index (χ3n) is 7.11. The van der Waals surface area contributed by atoms with E-state index in [4.69, 9.17) is 9.97 Å². The average Bonchev–Trinajstić information content (AvgIpc) is 3.32. The topological polar surface area (TPSA) is 89.5 Å². The molecule has 2 aliphatic rings. The van der Waals surface area contributed by atoms with Gasteiger partial charge >= 0.3 is 0 Å². The second-order valence-electron chi connectivity index (χ2n) is 9.45. The van der Waals surface area contributed by atoms with Crippen molar-refractivity contribution >= 4 is 34.3 Å². The Hall–Kier alpha value is -3.46. The molecule has 1 saturated heterocycles. The molecule has 9 heteroatoms. The monoisotopic (exact) mass is 474 g/mol. The zero-order valence-electron chi connectivity index (χ0n) is 21.0. The predicted octanol–water partition coefficient (Wildman–Crippen LogP) is 3.49. The molecule has 184 valence electrons. The minimum absolute atomic E-state index is 0.00731. The van der Waals surface area contributed by atoms with Crippen LogP contribution >= 0.6 is 0 Å². The summed E-state index contributed by atoms with van der Waals surface area (Å²) < 4.78 is 0. The second-order valence-corrected chi connectivity index (χ2v) is 9.45. The average molecular weight is 475 g/mol. The van der Waals surface area contributed by atoms with Gasteiger partial charge in [-0.05, 0) is 38.0 Å². The van der Waals surface area contributed by atoms with Crippen molar-refractivity contribution in [3.05, 3.63) is 47.8 Å². The fourth-order valence-electron chi connectivity index (χ4n) is 4.74. The van der Waals surface area contributed by atoms with Crippen molar-refractivity contribution in [1.29, 1.82) is 0 Å². The molecule has 2 aromatic heterocycles. The molecule has 35 heavy (non-hydrogen) atoms. The molecule has 1 fully saturated rings. The maximum Gasteiger partial charge on any atom is 0.227 e. The maximum atomic E-state index is 11.8. The Morgan fingerprint density at radius 2 is 1.91 bits per heavy atom. The molecule has 1 amide bonds. The summed E-state index contributed by atoms with van der Waals surface area (Å²) in [7, 11) is 0. The van der Waals surface area contributed by atoms with E-state index in [2.05, 4.69) is 58.5 Å². The molecular weight excluding hydrogens is 440 g/mol. The van der Waals surface area contributed by atoms with Crippen LogP contribution in [0.1, 0.15) is 51.4 Å². The van der Waals surface area contributed by atoms with E-state index >= 15 is 0 Å². The van der Waals surface area contributed by atoms with Gasteiger partial charge in [0, 0.05) is 50.7 Å². The van der Waals surface area contributed by atoms with Crippen LogP contribution in [-0.4, -0.2) is 58.0 Å². The van der Waals surface area contributed by atoms with E-state index in [0.29, 0.717) is 31.6 Å². The Morgan fingerprint density at radius 1 is 1.14 bits per heavy atom. The summed E-state index contributed by atoms with van der Waals surface area (Å²) >= 11 is 0. The van der Waals surface area contributed by atoms with Crippen LogP contribution in [0.15, 0.2) is 36.5 Å². The van der Waals surface area contributed by atoms with E-state index in [0.717, 1.165) is 53.2 Å². The number of carbonyl (C=O) groups excluding carboxylic acids is 1. The molecule has 0 saturated carbocycles. The number of piperazine rings is 1. The number of benzene rings is 1. The zero-order valence-corrected chi connectivity index (χ0v) is 21.0. The summed E-state index contributed by atoms with van der Waals surface area (Å²) in [6, 6.07) is 10.7. The van der Waals surface area contributed by atoms with Gasteiger partial charge in [0.1, 0.15) is 5.69 Å². The van der Waals surface area contributed by atoms with Gasteiger partial charge in [0.15, 0.2) is 5.82 Å². The fourth-order valence-corrected chi connectivity index (χ4v) is 4.74. The van der Waals surface area contributed by atoms with Crippen LogP contribution in [0.2, 0.25) is 0 Å². The van der Waals surface area contributed by atoms with Crippen molar-refractivity contribution in [2.45, 2.75) is 52.7 Å². The van der Waals surface area contributed by atoms with Gasteiger partial charge in [0.2, 0.25) is 11.9 Å². The number of pyridine rings is 1. The van der Waals surface area contributed by atoms with Crippen molar-refractivity contribution in [2.24, 2.45) is 0 Å². The van der Waals surface area contributed by atoms with Gasteiger partial charge in [-0.1, -0.05) is 25.1 Å². The maximum absolute atomic E-state index is 11.8. The summed E-state index contributed by atoms with van der Waals surface area (Å²) in [4.78, 5) is 30.5. The lowest BCUT2D eigenvalue weighted by atomic mass is 10.1. The van der Waals surface area contributed by atoms with Crippen LogP contribution < -0.4 is 20.7 Å². The number of hydrazine groups is 1. The van der Waals surface area contributed by atoms with Gasteiger partial charge in [0.25, 0.3) is 0 Å². The van der Waals surface area contributed by atoms with Crippen molar-refractivity contribution in [2.75, 3.05) is 41.4 Å². The fraction of sp³-hybridized carbons (Fsp3) is 0.462. The van der Waals surface area contributed by atoms with E-state index in [1.165, 1.54) is 0 Å². The first kappa shape index (κ1) is 23.3. The molecule has 2 N–H and O–H groups in total. The lowest BCUT2D eigenvalue weighted by molar-refractivity contribution is -0.129. The minimum atomic E-state index is 0.00731. The highest BCUT2D eigenvalue weighted by Crippen LogP contribution is 2.36. The second kappa shape index (κ2) is 9.65. The van der Waals surface area contributed by atoms with Gasteiger partial charge < -0.3 is 20.1 Å². The molecule has 0 aliphatic carbocycles. The Balaban J connectivity index is 1.47. The number of anilines is 3. The number of para-hydroxylation sites is 1. The molecule has 1 unspecified atom stereocenters. The lowest BCUT2D eigenvalue weighted by Crippen LogP contribution is -2.48. The van der Waals surface area contributed by atoms with E-state index in [9.17, 15) is 4.79 Å². The van der Waals surface area contributed by atoms with Crippen molar-refractivity contribution in [3.8, 4) is 0 Å². The number of hydrogen-bond acceptors (Lipinski definition) is 8. The first-order valence-corrected chi connectivity index (χ1v) is 12.5. The molecule has 0 radical (unpaired) electrons. The highest BCUT2D eigenvalue weighted by atomic mass is 16.2. The van der Waals surface area contributed by atoms with Crippen LogP contribution in [-0.2, 0) is 11.3 Å². The molecule has 0 bridgehead atoms. The number of fused-ring (bicyclic) bond motifs is 2. The molecule has 1 aromatic carbocycles. The van der Waals surface area contributed by atoms with E-state index in [1.807, 2.05) is 29.3 Å². The number of amides is 1. The quantitative estimate of drug-likeness (QED) is 0.561. The summed E-state index contributed by atoms with van der Waals surface area (Å²) in [5, 5.41) is 6.99. The van der Waals surface area contributed by atoms with Crippen molar-refractivity contribution in [3.63, 3.8) is 0 Å². The van der Waals surface area contributed by atoms with Gasteiger partial charge in [-0.25, -0.2) is 10.4 Å². The Morgan fingerprint density at radius 3 is 2.66 bits per heavy atom. The van der Waals surface area contributed by atoms with Crippen molar-refractivity contribution < 1.29 is 4.79 Å². The number of aromatic nitrogens is 3. The third-order valence-corrected chi connectivity index (χ3v) is 7.11. The van der Waals surface area contributed by atoms with Crippen LogP contribution in [0, 0.1) is 0 Å². The third kappa shape index (κ3) is 4.60. The molecule has 9 nitrogen and oxygen atoms in total. The van der Waals surface area contributed by atoms with E-state index in [-0.39, 0.29) is 11.9 Å². The molecule has 5 rings (SSSR count). The molecule has 2 aliphatic heterocycles. The molecular formula is C26H34N8O. The van der Waals surface area contributed by atoms with Crippen LogP contribution in [0.3, 0.4) is 0 Å². The standard InChI is InChI=1S/C26H34N8O/c1-5-17(2)34-24-23(16-28-34)30-26(33-12-10-32(11-13-33)19(4)35)31-25(24)29-18(3)21-14-20-8-6-7-9-22(20)27-15-21/h6-9,14-15,17-18,28H,5,10-13,16H2,1-4H3,(H,29,30,31)/t17?,18-/m1/s1. The van der Waals surface area contributed by atoms with Gasteiger partial charge in [0.05, 0.1) is 23.8 Å². The lowest BCUT2D eigenvalue weighted by Gasteiger charge is -2.35. The summed E-state index contributed by atoms with van der Waals surface area (Å²) in [5.41, 5.74) is 7.62.